The number of para-hydroxylation sites is 1. The summed E-state index contributed by atoms with van der Waals surface area (Å²) in [5.41, 5.74) is 0.726. The van der Waals surface area contributed by atoms with Crippen LogP contribution in [-0.2, 0) is 11.3 Å². The minimum atomic E-state index is -4.36. The number of hydrogen-bond acceptors (Lipinski definition) is 4. The number of carboxylic acids is 1. The largest absolute Gasteiger partial charge is 0.484 e. The Morgan fingerprint density at radius 3 is 2.56 bits per heavy atom. The van der Waals surface area contributed by atoms with Gasteiger partial charge in [0.25, 0.3) is 0 Å². The Morgan fingerprint density at radius 1 is 1.32 bits per heavy atom. The highest BCUT2D eigenvalue weighted by Gasteiger charge is 2.29. The first kappa shape index (κ1) is 19.5. The number of benzene rings is 1. The standard InChI is InChI=1S/C17H23F3N2O3/c1-21(11-16(23)24)14-6-8-22(9-7-14)10-13-4-2-3-5-15(13)25-12-17(18,19)20/h2-5,14H,6-12H2,1H3,(H,23,24). The van der Waals surface area contributed by atoms with Crippen molar-refractivity contribution in [2.45, 2.75) is 31.6 Å². The molecular formula is C17H23F3N2O3. The Balaban J connectivity index is 1.88. The molecule has 2 rings (SSSR count). The van der Waals surface area contributed by atoms with Gasteiger partial charge in [0, 0.05) is 18.2 Å². The van der Waals surface area contributed by atoms with Crippen LogP contribution in [0.25, 0.3) is 0 Å². The Labute approximate surface area is 145 Å². The maximum atomic E-state index is 12.4. The number of carboxylic acid groups (broad SMARTS) is 1. The summed E-state index contributed by atoms with van der Waals surface area (Å²) < 4.78 is 42.0. The van der Waals surface area contributed by atoms with Crippen LogP contribution in [0.5, 0.6) is 5.75 Å². The maximum Gasteiger partial charge on any atom is 0.422 e. The molecule has 1 aliphatic rings. The molecule has 1 N–H and O–H groups in total. The van der Waals surface area contributed by atoms with Gasteiger partial charge in [0.1, 0.15) is 5.75 Å². The highest BCUT2D eigenvalue weighted by atomic mass is 19.4. The van der Waals surface area contributed by atoms with E-state index in [4.69, 9.17) is 9.84 Å². The predicted molar refractivity (Wildman–Crippen MR) is 86.6 cm³/mol. The number of likely N-dealkylation sites (N-methyl/N-ethyl adjacent to an activating group) is 1. The lowest BCUT2D eigenvalue weighted by Gasteiger charge is -2.36. The minimum absolute atomic E-state index is 0.0127. The number of halogens is 3. The number of aliphatic carboxylic acids is 1. The molecule has 0 radical (unpaired) electrons. The molecule has 1 aromatic carbocycles. The number of likely N-dealkylation sites (tertiary alicyclic amines) is 1. The minimum Gasteiger partial charge on any atom is -0.484 e. The van der Waals surface area contributed by atoms with Crippen molar-refractivity contribution in [2.75, 3.05) is 33.3 Å². The van der Waals surface area contributed by atoms with Gasteiger partial charge < -0.3 is 9.84 Å². The van der Waals surface area contributed by atoms with E-state index in [1.165, 1.54) is 0 Å². The Kier molecular flexibility index (Phi) is 6.66. The summed E-state index contributed by atoms with van der Waals surface area (Å²) in [6, 6.07) is 6.97. The smallest absolute Gasteiger partial charge is 0.422 e. The van der Waals surface area contributed by atoms with Crippen LogP contribution in [0.3, 0.4) is 0 Å². The summed E-state index contributed by atoms with van der Waals surface area (Å²) in [4.78, 5) is 14.8. The number of carbonyl (C=O) groups is 1. The van der Waals surface area contributed by atoms with Crippen molar-refractivity contribution >= 4 is 5.97 Å². The zero-order chi connectivity index (χ0) is 18.4. The van der Waals surface area contributed by atoms with E-state index in [2.05, 4.69) is 4.90 Å². The molecule has 0 atom stereocenters. The van der Waals surface area contributed by atoms with Crippen molar-refractivity contribution in [1.29, 1.82) is 0 Å². The van der Waals surface area contributed by atoms with Crippen LogP contribution >= 0.6 is 0 Å². The lowest BCUT2D eigenvalue weighted by atomic mass is 10.0. The monoisotopic (exact) mass is 360 g/mol. The third-order valence-electron chi connectivity index (χ3n) is 4.32. The van der Waals surface area contributed by atoms with E-state index in [-0.39, 0.29) is 18.3 Å². The van der Waals surface area contributed by atoms with E-state index in [0.29, 0.717) is 6.54 Å². The molecule has 0 aromatic heterocycles. The van der Waals surface area contributed by atoms with Gasteiger partial charge in [-0.15, -0.1) is 0 Å². The van der Waals surface area contributed by atoms with Gasteiger partial charge in [-0.2, -0.15) is 13.2 Å². The van der Waals surface area contributed by atoms with Gasteiger partial charge in [0.05, 0.1) is 6.54 Å². The zero-order valence-electron chi connectivity index (χ0n) is 14.1. The summed E-state index contributed by atoms with van der Waals surface area (Å²) in [6.07, 6.45) is -2.70. The second-order valence-corrected chi connectivity index (χ2v) is 6.33. The fraction of sp³-hybridized carbons (Fsp3) is 0.588. The quantitative estimate of drug-likeness (QED) is 0.810. The molecule has 25 heavy (non-hydrogen) atoms. The number of ether oxygens (including phenoxy) is 1. The van der Waals surface area contributed by atoms with Crippen molar-refractivity contribution in [3.05, 3.63) is 29.8 Å². The highest BCUT2D eigenvalue weighted by molar-refractivity contribution is 5.69. The van der Waals surface area contributed by atoms with Gasteiger partial charge in [-0.25, -0.2) is 0 Å². The van der Waals surface area contributed by atoms with Crippen molar-refractivity contribution in [1.82, 2.24) is 9.80 Å². The molecule has 0 bridgehead atoms. The lowest BCUT2D eigenvalue weighted by molar-refractivity contribution is -0.153. The molecule has 0 amide bonds. The van der Waals surface area contributed by atoms with Gasteiger partial charge >= 0.3 is 12.1 Å². The summed E-state index contributed by atoms with van der Waals surface area (Å²) in [5, 5.41) is 8.85. The van der Waals surface area contributed by atoms with E-state index < -0.39 is 18.8 Å². The van der Waals surface area contributed by atoms with E-state index in [1.807, 2.05) is 4.90 Å². The van der Waals surface area contributed by atoms with Crippen LogP contribution in [0.1, 0.15) is 18.4 Å². The van der Waals surface area contributed by atoms with Crippen LogP contribution in [0.15, 0.2) is 24.3 Å². The second-order valence-electron chi connectivity index (χ2n) is 6.33. The van der Waals surface area contributed by atoms with Crippen molar-refractivity contribution < 1.29 is 27.8 Å². The third kappa shape index (κ3) is 6.55. The van der Waals surface area contributed by atoms with Crippen LogP contribution in [0, 0.1) is 0 Å². The SMILES string of the molecule is CN(CC(=O)O)C1CCN(Cc2ccccc2OCC(F)(F)F)CC1. The first-order valence-electron chi connectivity index (χ1n) is 8.16. The molecule has 1 aliphatic heterocycles. The molecule has 0 unspecified atom stereocenters. The second kappa shape index (κ2) is 8.53. The molecule has 1 saturated heterocycles. The van der Waals surface area contributed by atoms with E-state index in [9.17, 15) is 18.0 Å². The molecule has 0 saturated carbocycles. The number of nitrogens with zero attached hydrogens (tertiary/aromatic N) is 2. The van der Waals surface area contributed by atoms with Crippen molar-refractivity contribution in [3.8, 4) is 5.75 Å². The number of rotatable bonds is 7. The summed E-state index contributed by atoms with van der Waals surface area (Å²) in [5.74, 6) is -0.592. The molecule has 0 spiro atoms. The highest BCUT2D eigenvalue weighted by Crippen LogP contribution is 2.25. The Bertz CT molecular complexity index is 573. The normalized spacial score (nSPS) is 17.0. The molecule has 1 aromatic rings. The van der Waals surface area contributed by atoms with Crippen LogP contribution < -0.4 is 4.74 Å². The van der Waals surface area contributed by atoms with Crippen molar-refractivity contribution in [3.63, 3.8) is 0 Å². The molecule has 1 fully saturated rings. The third-order valence-corrected chi connectivity index (χ3v) is 4.32. The van der Waals surface area contributed by atoms with Crippen LogP contribution in [0.2, 0.25) is 0 Å². The van der Waals surface area contributed by atoms with E-state index >= 15 is 0 Å². The number of hydrogen-bond donors (Lipinski definition) is 1. The van der Waals surface area contributed by atoms with Crippen LogP contribution in [0.4, 0.5) is 13.2 Å². The molecule has 8 heteroatoms. The van der Waals surface area contributed by atoms with Gasteiger partial charge in [0.15, 0.2) is 6.61 Å². The zero-order valence-corrected chi connectivity index (χ0v) is 14.1. The fourth-order valence-corrected chi connectivity index (χ4v) is 3.04. The topological polar surface area (TPSA) is 53.0 Å². The van der Waals surface area contributed by atoms with Gasteiger partial charge in [-0.1, -0.05) is 18.2 Å². The first-order valence-corrected chi connectivity index (χ1v) is 8.16. The number of piperidine rings is 1. The molecule has 5 nitrogen and oxygen atoms in total. The van der Waals surface area contributed by atoms with E-state index in [0.717, 1.165) is 31.5 Å². The van der Waals surface area contributed by atoms with Gasteiger partial charge in [-0.3, -0.25) is 14.6 Å². The average Bonchev–Trinajstić information content (AvgIpc) is 2.53. The molecular weight excluding hydrogens is 337 g/mol. The van der Waals surface area contributed by atoms with Crippen LogP contribution in [-0.4, -0.2) is 66.4 Å². The van der Waals surface area contributed by atoms with Gasteiger partial charge in [0.2, 0.25) is 0 Å². The molecule has 140 valence electrons. The Hall–Kier alpha value is -1.80. The fourth-order valence-electron chi connectivity index (χ4n) is 3.04. The predicted octanol–water partition coefficient (Wildman–Crippen LogP) is 2.61. The van der Waals surface area contributed by atoms with E-state index in [1.54, 1.807) is 31.3 Å². The first-order chi connectivity index (χ1) is 11.7. The Morgan fingerprint density at radius 2 is 1.96 bits per heavy atom. The summed E-state index contributed by atoms with van der Waals surface area (Å²) in [7, 11) is 1.80. The maximum absolute atomic E-state index is 12.4. The number of alkyl halides is 3. The van der Waals surface area contributed by atoms with Gasteiger partial charge in [-0.05, 0) is 39.0 Å². The molecule has 0 aliphatic carbocycles. The summed E-state index contributed by atoms with van der Waals surface area (Å²) in [6.45, 7) is 0.763. The molecule has 1 heterocycles. The summed E-state index contributed by atoms with van der Waals surface area (Å²) >= 11 is 0. The average molecular weight is 360 g/mol. The van der Waals surface area contributed by atoms with Crippen molar-refractivity contribution in [2.24, 2.45) is 0 Å². The lowest BCUT2D eigenvalue weighted by Crippen LogP contribution is -2.44.